The average molecular weight is 315 g/mol. The monoisotopic (exact) mass is 315 g/mol. The molecule has 23 heavy (non-hydrogen) atoms. The standard InChI is InChI=1S/C16H21N5O2/c1-12(21-9-5-8-18-21)15(22)17-11-13-6-4-7-14(10-13)19-16(23)20(2)3/h4-10,12H,11H2,1-3H3,(H,17,22)(H,19,23)/t12-/m1/s1. The predicted octanol–water partition coefficient (Wildman–Crippen LogP) is 1.85. The Bertz CT molecular complexity index is 667. The van der Waals surface area contributed by atoms with Crippen molar-refractivity contribution in [1.82, 2.24) is 20.0 Å². The summed E-state index contributed by atoms with van der Waals surface area (Å²) < 4.78 is 1.60. The molecular weight excluding hydrogens is 294 g/mol. The highest BCUT2D eigenvalue weighted by molar-refractivity contribution is 5.89. The maximum absolute atomic E-state index is 12.1. The van der Waals surface area contributed by atoms with Crippen LogP contribution in [0.4, 0.5) is 10.5 Å². The number of urea groups is 1. The fourth-order valence-electron chi connectivity index (χ4n) is 1.96. The third-order valence-corrected chi connectivity index (χ3v) is 3.35. The number of anilines is 1. The third kappa shape index (κ3) is 4.57. The Labute approximate surface area is 135 Å². The Morgan fingerprint density at radius 3 is 2.74 bits per heavy atom. The van der Waals surface area contributed by atoms with Crippen LogP contribution >= 0.6 is 0 Å². The first-order valence-electron chi connectivity index (χ1n) is 7.31. The summed E-state index contributed by atoms with van der Waals surface area (Å²) in [5.74, 6) is -0.114. The lowest BCUT2D eigenvalue weighted by Crippen LogP contribution is -2.31. The van der Waals surface area contributed by atoms with E-state index in [4.69, 9.17) is 0 Å². The summed E-state index contributed by atoms with van der Waals surface area (Å²) in [6.45, 7) is 2.17. The molecule has 1 heterocycles. The van der Waals surface area contributed by atoms with Crippen LogP contribution in [0.25, 0.3) is 0 Å². The number of hydrogen-bond donors (Lipinski definition) is 2. The van der Waals surface area contributed by atoms with Crippen LogP contribution in [0.15, 0.2) is 42.7 Å². The van der Waals surface area contributed by atoms with Crippen molar-refractivity contribution < 1.29 is 9.59 Å². The summed E-state index contributed by atoms with van der Waals surface area (Å²) in [6, 6.07) is 8.58. The van der Waals surface area contributed by atoms with Crippen LogP contribution in [-0.4, -0.2) is 40.7 Å². The van der Waals surface area contributed by atoms with Crippen LogP contribution in [0.2, 0.25) is 0 Å². The number of amides is 3. The van der Waals surface area contributed by atoms with Gasteiger partial charge in [0.2, 0.25) is 5.91 Å². The molecule has 0 fully saturated rings. The highest BCUT2D eigenvalue weighted by Crippen LogP contribution is 2.11. The summed E-state index contributed by atoms with van der Waals surface area (Å²) in [6.07, 6.45) is 3.39. The number of nitrogens with zero attached hydrogens (tertiary/aromatic N) is 3. The van der Waals surface area contributed by atoms with Gasteiger partial charge in [-0.15, -0.1) is 0 Å². The fourth-order valence-corrected chi connectivity index (χ4v) is 1.96. The minimum atomic E-state index is -0.373. The predicted molar refractivity (Wildman–Crippen MR) is 87.9 cm³/mol. The van der Waals surface area contributed by atoms with Gasteiger partial charge in [-0.25, -0.2) is 4.79 Å². The smallest absolute Gasteiger partial charge is 0.321 e. The molecule has 7 heteroatoms. The second kappa shape index (κ2) is 7.44. The van der Waals surface area contributed by atoms with Gasteiger partial charge >= 0.3 is 6.03 Å². The first kappa shape index (κ1) is 16.5. The molecule has 0 radical (unpaired) electrons. The topological polar surface area (TPSA) is 79.3 Å². The zero-order valence-corrected chi connectivity index (χ0v) is 13.5. The van der Waals surface area contributed by atoms with E-state index < -0.39 is 0 Å². The molecule has 0 spiro atoms. The van der Waals surface area contributed by atoms with E-state index in [1.54, 1.807) is 50.2 Å². The van der Waals surface area contributed by atoms with E-state index >= 15 is 0 Å². The minimum Gasteiger partial charge on any atom is -0.350 e. The van der Waals surface area contributed by atoms with Crippen molar-refractivity contribution in [2.45, 2.75) is 19.5 Å². The maximum atomic E-state index is 12.1. The van der Waals surface area contributed by atoms with E-state index in [-0.39, 0.29) is 18.0 Å². The lowest BCUT2D eigenvalue weighted by molar-refractivity contribution is -0.124. The quantitative estimate of drug-likeness (QED) is 0.884. The van der Waals surface area contributed by atoms with Crippen molar-refractivity contribution in [3.8, 4) is 0 Å². The molecule has 2 N–H and O–H groups in total. The molecule has 0 unspecified atom stereocenters. The molecule has 0 aliphatic rings. The number of hydrogen-bond acceptors (Lipinski definition) is 3. The van der Waals surface area contributed by atoms with Gasteiger partial charge < -0.3 is 15.5 Å². The number of nitrogens with one attached hydrogen (secondary N) is 2. The molecule has 0 aliphatic carbocycles. The molecule has 7 nitrogen and oxygen atoms in total. The van der Waals surface area contributed by atoms with Crippen LogP contribution in [0.3, 0.4) is 0 Å². The van der Waals surface area contributed by atoms with E-state index in [1.807, 2.05) is 18.2 Å². The van der Waals surface area contributed by atoms with Crippen molar-refractivity contribution in [3.63, 3.8) is 0 Å². The van der Waals surface area contributed by atoms with Crippen molar-refractivity contribution in [1.29, 1.82) is 0 Å². The Kier molecular flexibility index (Phi) is 5.35. The fraction of sp³-hybridized carbons (Fsp3) is 0.312. The lowest BCUT2D eigenvalue weighted by Gasteiger charge is -2.14. The molecule has 1 aromatic heterocycles. The van der Waals surface area contributed by atoms with Gasteiger partial charge in [0.1, 0.15) is 6.04 Å². The van der Waals surface area contributed by atoms with Crippen LogP contribution in [0, 0.1) is 0 Å². The van der Waals surface area contributed by atoms with Crippen LogP contribution in [0.5, 0.6) is 0 Å². The molecule has 1 aromatic carbocycles. The second-order valence-electron chi connectivity index (χ2n) is 5.40. The Morgan fingerprint density at radius 2 is 2.09 bits per heavy atom. The van der Waals surface area contributed by atoms with Gasteiger partial charge in [-0.1, -0.05) is 12.1 Å². The van der Waals surface area contributed by atoms with Crippen molar-refractivity contribution in [2.24, 2.45) is 0 Å². The summed E-state index contributed by atoms with van der Waals surface area (Å²) in [4.78, 5) is 25.2. The van der Waals surface area contributed by atoms with E-state index in [9.17, 15) is 9.59 Å². The summed E-state index contributed by atoms with van der Waals surface area (Å²) >= 11 is 0. The van der Waals surface area contributed by atoms with Crippen LogP contribution in [0.1, 0.15) is 18.5 Å². The highest BCUT2D eigenvalue weighted by Gasteiger charge is 2.14. The Hall–Kier alpha value is -2.83. The van der Waals surface area contributed by atoms with E-state index in [0.717, 1.165) is 5.56 Å². The molecule has 2 rings (SSSR count). The normalized spacial score (nSPS) is 11.6. The number of carbonyl (C=O) groups is 2. The number of benzene rings is 1. The molecule has 1 atom stereocenters. The van der Waals surface area contributed by atoms with Gasteiger partial charge in [0.15, 0.2) is 0 Å². The molecule has 122 valence electrons. The Balaban J connectivity index is 1.93. The van der Waals surface area contributed by atoms with Crippen LogP contribution in [-0.2, 0) is 11.3 Å². The molecule has 0 aliphatic heterocycles. The number of carbonyl (C=O) groups excluding carboxylic acids is 2. The van der Waals surface area contributed by atoms with Crippen molar-refractivity contribution in [3.05, 3.63) is 48.3 Å². The zero-order chi connectivity index (χ0) is 16.8. The van der Waals surface area contributed by atoms with Gasteiger partial charge in [0.25, 0.3) is 0 Å². The number of rotatable bonds is 5. The van der Waals surface area contributed by atoms with Gasteiger partial charge in [-0.3, -0.25) is 9.48 Å². The molecular formula is C16H21N5O2. The first-order valence-corrected chi connectivity index (χ1v) is 7.31. The summed E-state index contributed by atoms with van der Waals surface area (Å²) in [7, 11) is 3.35. The highest BCUT2D eigenvalue weighted by atomic mass is 16.2. The van der Waals surface area contributed by atoms with Crippen LogP contribution < -0.4 is 10.6 Å². The first-order chi connectivity index (χ1) is 11.0. The van der Waals surface area contributed by atoms with Gasteiger partial charge in [-0.2, -0.15) is 5.10 Å². The lowest BCUT2D eigenvalue weighted by atomic mass is 10.2. The molecule has 2 aromatic rings. The largest absolute Gasteiger partial charge is 0.350 e. The van der Waals surface area contributed by atoms with Gasteiger partial charge in [0.05, 0.1) is 0 Å². The molecule has 0 saturated carbocycles. The summed E-state index contributed by atoms with van der Waals surface area (Å²) in [5, 5.41) is 9.70. The Morgan fingerprint density at radius 1 is 1.30 bits per heavy atom. The van der Waals surface area contributed by atoms with E-state index in [2.05, 4.69) is 15.7 Å². The maximum Gasteiger partial charge on any atom is 0.321 e. The molecule has 0 saturated heterocycles. The SMILES string of the molecule is C[C@H](C(=O)NCc1cccc(NC(=O)N(C)C)c1)n1cccn1. The minimum absolute atomic E-state index is 0.114. The molecule has 0 bridgehead atoms. The molecule has 3 amide bonds. The average Bonchev–Trinajstić information content (AvgIpc) is 3.06. The van der Waals surface area contributed by atoms with Gasteiger partial charge in [0, 0.05) is 38.7 Å². The van der Waals surface area contributed by atoms with E-state index in [1.165, 1.54) is 4.90 Å². The zero-order valence-electron chi connectivity index (χ0n) is 13.5. The third-order valence-electron chi connectivity index (χ3n) is 3.35. The number of aromatic nitrogens is 2. The summed E-state index contributed by atoms with van der Waals surface area (Å²) in [5.41, 5.74) is 1.60. The van der Waals surface area contributed by atoms with E-state index in [0.29, 0.717) is 12.2 Å². The van der Waals surface area contributed by atoms with Crippen molar-refractivity contribution in [2.75, 3.05) is 19.4 Å². The second-order valence-corrected chi connectivity index (χ2v) is 5.40. The van der Waals surface area contributed by atoms with Crippen molar-refractivity contribution >= 4 is 17.6 Å². The van der Waals surface area contributed by atoms with Gasteiger partial charge in [-0.05, 0) is 30.7 Å².